The second-order valence-corrected chi connectivity index (χ2v) is 5.89. The molecule has 1 aromatic carbocycles. The van der Waals surface area contributed by atoms with Crippen molar-refractivity contribution in [2.45, 2.75) is 19.8 Å². The molecule has 0 amide bonds. The van der Waals surface area contributed by atoms with Gasteiger partial charge in [0.2, 0.25) is 5.82 Å². The van der Waals surface area contributed by atoms with E-state index in [-0.39, 0.29) is 0 Å². The average molecular weight is 295 g/mol. The molecule has 0 fully saturated rings. The number of nitrogens with zero attached hydrogens (tertiary/aromatic N) is 3. The standard InChI is InChI=1S/C16H13N3OS/c1-10(2)11-3-5-12(6-4-11)15-18-16(20-19-15)14-13(9-17)7-8-21-14/h3-8,10H,1-2H3. The van der Waals surface area contributed by atoms with Gasteiger partial charge in [0.1, 0.15) is 10.9 Å². The molecular weight excluding hydrogens is 282 g/mol. The Bertz CT molecular complexity index is 794. The van der Waals surface area contributed by atoms with Crippen LogP contribution in [0, 0.1) is 11.3 Å². The molecule has 3 rings (SSSR count). The Balaban J connectivity index is 1.93. The predicted octanol–water partition coefficient (Wildman–Crippen LogP) is 4.46. The van der Waals surface area contributed by atoms with Gasteiger partial charge < -0.3 is 4.52 Å². The van der Waals surface area contributed by atoms with Crippen LogP contribution in [0.25, 0.3) is 22.2 Å². The molecule has 2 heterocycles. The fraction of sp³-hybridized carbons (Fsp3) is 0.188. The maximum atomic E-state index is 9.04. The number of rotatable bonds is 3. The molecule has 0 aliphatic rings. The molecule has 0 saturated heterocycles. The van der Waals surface area contributed by atoms with Crippen molar-refractivity contribution in [3.8, 4) is 28.2 Å². The van der Waals surface area contributed by atoms with Crippen LogP contribution in [0.1, 0.15) is 30.9 Å². The minimum atomic E-state index is 0.393. The summed E-state index contributed by atoms with van der Waals surface area (Å²) in [6.45, 7) is 4.31. The second-order valence-electron chi connectivity index (χ2n) is 4.98. The molecule has 0 N–H and O–H groups in total. The van der Waals surface area contributed by atoms with E-state index in [1.807, 2.05) is 17.5 Å². The zero-order valence-corrected chi connectivity index (χ0v) is 12.5. The zero-order valence-electron chi connectivity index (χ0n) is 11.7. The Morgan fingerprint density at radius 3 is 2.62 bits per heavy atom. The van der Waals surface area contributed by atoms with E-state index in [1.165, 1.54) is 16.9 Å². The summed E-state index contributed by atoms with van der Waals surface area (Å²) in [7, 11) is 0. The lowest BCUT2D eigenvalue weighted by Crippen LogP contribution is -1.87. The van der Waals surface area contributed by atoms with Crippen molar-refractivity contribution in [1.29, 1.82) is 5.26 Å². The van der Waals surface area contributed by atoms with Crippen LogP contribution < -0.4 is 0 Å². The fourth-order valence-corrected chi connectivity index (χ4v) is 2.78. The van der Waals surface area contributed by atoms with Crippen LogP contribution in [-0.2, 0) is 0 Å². The molecule has 0 spiro atoms. The van der Waals surface area contributed by atoms with Crippen LogP contribution in [0.5, 0.6) is 0 Å². The molecule has 5 heteroatoms. The summed E-state index contributed by atoms with van der Waals surface area (Å²) >= 11 is 1.42. The van der Waals surface area contributed by atoms with Crippen LogP contribution in [0.15, 0.2) is 40.2 Å². The lowest BCUT2D eigenvalue weighted by molar-refractivity contribution is 0.433. The normalized spacial score (nSPS) is 10.8. The van der Waals surface area contributed by atoms with Gasteiger partial charge in [-0.15, -0.1) is 11.3 Å². The summed E-state index contributed by atoms with van der Waals surface area (Å²) in [5, 5.41) is 14.9. The third-order valence-corrected chi connectivity index (χ3v) is 4.14. The number of hydrogen-bond donors (Lipinski definition) is 0. The molecule has 0 saturated carbocycles. The van der Waals surface area contributed by atoms with Crippen molar-refractivity contribution < 1.29 is 4.52 Å². The summed E-state index contributed by atoms with van der Waals surface area (Å²) in [6, 6.07) is 12.0. The van der Waals surface area contributed by atoms with Gasteiger partial charge in [-0.1, -0.05) is 43.3 Å². The number of benzene rings is 1. The van der Waals surface area contributed by atoms with Crippen LogP contribution in [0.4, 0.5) is 0 Å². The molecule has 0 bridgehead atoms. The summed E-state index contributed by atoms with van der Waals surface area (Å²) < 4.78 is 5.28. The maximum absolute atomic E-state index is 9.04. The van der Waals surface area contributed by atoms with Crippen molar-refractivity contribution in [2.75, 3.05) is 0 Å². The van der Waals surface area contributed by atoms with Gasteiger partial charge in [-0.05, 0) is 22.9 Å². The highest BCUT2D eigenvalue weighted by Crippen LogP contribution is 2.29. The summed E-state index contributed by atoms with van der Waals surface area (Å²) in [5.74, 6) is 1.42. The van der Waals surface area contributed by atoms with E-state index in [0.29, 0.717) is 23.2 Å². The van der Waals surface area contributed by atoms with Crippen molar-refractivity contribution >= 4 is 11.3 Å². The van der Waals surface area contributed by atoms with E-state index in [0.717, 1.165) is 10.4 Å². The van der Waals surface area contributed by atoms with Gasteiger partial charge in [-0.3, -0.25) is 0 Å². The van der Waals surface area contributed by atoms with E-state index in [2.05, 4.69) is 42.2 Å². The Morgan fingerprint density at radius 2 is 1.95 bits per heavy atom. The monoisotopic (exact) mass is 295 g/mol. The summed E-state index contributed by atoms with van der Waals surface area (Å²) in [6.07, 6.45) is 0. The van der Waals surface area contributed by atoms with E-state index >= 15 is 0 Å². The van der Waals surface area contributed by atoms with Gasteiger partial charge in [-0.2, -0.15) is 10.2 Å². The SMILES string of the molecule is CC(C)c1ccc(-c2noc(-c3sccc3C#N)n2)cc1. The number of hydrogen-bond acceptors (Lipinski definition) is 5. The summed E-state index contributed by atoms with van der Waals surface area (Å²) in [5.41, 5.74) is 2.74. The quantitative estimate of drug-likeness (QED) is 0.715. The van der Waals surface area contributed by atoms with Crippen LogP contribution >= 0.6 is 11.3 Å². The highest BCUT2D eigenvalue weighted by molar-refractivity contribution is 7.13. The van der Waals surface area contributed by atoms with Gasteiger partial charge in [0.05, 0.1) is 5.56 Å². The Hall–Kier alpha value is -2.45. The number of nitriles is 1. The minimum absolute atomic E-state index is 0.393. The fourth-order valence-electron chi connectivity index (χ4n) is 2.01. The smallest absolute Gasteiger partial charge is 0.269 e. The van der Waals surface area contributed by atoms with Gasteiger partial charge in [0, 0.05) is 5.56 Å². The molecule has 4 nitrogen and oxygen atoms in total. The van der Waals surface area contributed by atoms with E-state index in [9.17, 15) is 0 Å². The first-order valence-corrected chi connectivity index (χ1v) is 7.49. The third-order valence-electron chi connectivity index (χ3n) is 3.24. The topological polar surface area (TPSA) is 62.7 Å². The molecule has 3 aromatic rings. The van der Waals surface area contributed by atoms with Crippen LogP contribution in [0.3, 0.4) is 0 Å². The van der Waals surface area contributed by atoms with Gasteiger partial charge in [0.25, 0.3) is 5.89 Å². The Morgan fingerprint density at radius 1 is 1.19 bits per heavy atom. The number of thiophene rings is 1. The Labute approximate surface area is 126 Å². The van der Waals surface area contributed by atoms with Gasteiger partial charge in [0.15, 0.2) is 0 Å². The molecule has 104 valence electrons. The molecule has 0 aliphatic heterocycles. The predicted molar refractivity (Wildman–Crippen MR) is 81.9 cm³/mol. The average Bonchev–Trinajstić information content (AvgIpc) is 3.15. The van der Waals surface area contributed by atoms with E-state index in [1.54, 1.807) is 6.07 Å². The lowest BCUT2D eigenvalue weighted by atomic mass is 10.0. The highest BCUT2D eigenvalue weighted by atomic mass is 32.1. The summed E-state index contributed by atoms with van der Waals surface area (Å²) in [4.78, 5) is 5.11. The highest BCUT2D eigenvalue weighted by Gasteiger charge is 2.15. The van der Waals surface area contributed by atoms with Gasteiger partial charge >= 0.3 is 0 Å². The van der Waals surface area contributed by atoms with Crippen molar-refractivity contribution in [3.63, 3.8) is 0 Å². The molecule has 0 radical (unpaired) electrons. The first-order chi connectivity index (χ1) is 10.2. The van der Waals surface area contributed by atoms with Gasteiger partial charge in [-0.25, -0.2) is 0 Å². The lowest BCUT2D eigenvalue weighted by Gasteiger charge is -2.04. The molecule has 0 unspecified atom stereocenters. The van der Waals surface area contributed by atoms with Crippen molar-refractivity contribution in [2.24, 2.45) is 0 Å². The van der Waals surface area contributed by atoms with E-state index < -0.39 is 0 Å². The van der Waals surface area contributed by atoms with Crippen molar-refractivity contribution in [3.05, 3.63) is 46.8 Å². The molecule has 2 aromatic heterocycles. The van der Waals surface area contributed by atoms with Crippen LogP contribution in [-0.4, -0.2) is 10.1 Å². The van der Waals surface area contributed by atoms with E-state index in [4.69, 9.17) is 9.78 Å². The first-order valence-electron chi connectivity index (χ1n) is 6.61. The molecule has 0 atom stereocenters. The second kappa shape index (κ2) is 5.51. The Kier molecular flexibility index (Phi) is 3.55. The minimum Gasteiger partial charge on any atom is -0.333 e. The number of aromatic nitrogens is 2. The third kappa shape index (κ3) is 2.58. The molecular formula is C16H13N3OS. The van der Waals surface area contributed by atoms with Crippen molar-refractivity contribution in [1.82, 2.24) is 10.1 Å². The first kappa shape index (κ1) is 13.5. The maximum Gasteiger partial charge on any atom is 0.269 e. The molecule has 21 heavy (non-hydrogen) atoms. The van der Waals surface area contributed by atoms with Crippen LogP contribution in [0.2, 0.25) is 0 Å². The molecule has 0 aliphatic carbocycles. The largest absolute Gasteiger partial charge is 0.333 e. The zero-order chi connectivity index (χ0) is 14.8.